The molecular formula is C21H24N2O3. The number of benzene rings is 1. The highest BCUT2D eigenvalue weighted by atomic mass is 16.3. The molecule has 2 N–H and O–H groups in total. The number of aliphatic hydroxyl groups is 1. The lowest BCUT2D eigenvalue weighted by atomic mass is 9.94. The molecule has 5 heteroatoms. The molecule has 1 aliphatic carbocycles. The van der Waals surface area contributed by atoms with Gasteiger partial charge in [-0.05, 0) is 49.6 Å². The maximum atomic E-state index is 12.6. The second-order valence-electron chi connectivity index (χ2n) is 7.10. The van der Waals surface area contributed by atoms with Crippen molar-refractivity contribution in [1.29, 1.82) is 0 Å². The first-order chi connectivity index (χ1) is 12.6. The van der Waals surface area contributed by atoms with E-state index in [4.69, 9.17) is 4.42 Å². The molecule has 1 aromatic carbocycles. The predicted molar refractivity (Wildman–Crippen MR) is 100 cm³/mol. The fourth-order valence-corrected chi connectivity index (χ4v) is 3.89. The molecule has 0 fully saturated rings. The molecule has 0 unspecified atom stereocenters. The number of furan rings is 1. The minimum Gasteiger partial charge on any atom is -0.468 e. The van der Waals surface area contributed by atoms with E-state index in [1.807, 2.05) is 16.7 Å². The lowest BCUT2D eigenvalue weighted by molar-refractivity contribution is 0.0956. The van der Waals surface area contributed by atoms with Crippen molar-refractivity contribution < 1.29 is 14.3 Å². The van der Waals surface area contributed by atoms with Crippen molar-refractivity contribution >= 4 is 16.7 Å². The molecule has 26 heavy (non-hydrogen) atoms. The Morgan fingerprint density at radius 2 is 2.19 bits per heavy atom. The number of aromatic nitrogens is 1. The average Bonchev–Trinajstić information content (AvgIpc) is 3.23. The number of carbonyl (C=O) groups excluding carboxylic acids is 1. The predicted octanol–water partition coefficient (Wildman–Crippen LogP) is 3.21. The van der Waals surface area contributed by atoms with E-state index in [0.717, 1.165) is 40.8 Å². The minimum atomic E-state index is -0.583. The Morgan fingerprint density at radius 3 is 3.00 bits per heavy atom. The van der Waals surface area contributed by atoms with E-state index in [2.05, 4.69) is 30.4 Å². The Labute approximate surface area is 152 Å². The Bertz CT molecular complexity index is 925. The molecule has 0 radical (unpaired) electrons. The molecule has 2 aromatic heterocycles. The molecule has 0 bridgehead atoms. The lowest BCUT2D eigenvalue weighted by Crippen LogP contribution is -2.31. The summed E-state index contributed by atoms with van der Waals surface area (Å²) in [5.41, 5.74) is 4.18. The van der Waals surface area contributed by atoms with Crippen molar-refractivity contribution in [3.63, 3.8) is 0 Å². The maximum Gasteiger partial charge on any atom is 0.179 e. The van der Waals surface area contributed by atoms with Gasteiger partial charge in [0.1, 0.15) is 5.76 Å². The topological polar surface area (TPSA) is 67.4 Å². The first-order valence-corrected chi connectivity index (χ1v) is 9.19. The monoisotopic (exact) mass is 352 g/mol. The quantitative estimate of drug-likeness (QED) is 0.715. The number of rotatable bonds is 6. The normalized spacial score (nSPS) is 15.4. The van der Waals surface area contributed by atoms with Crippen LogP contribution in [0.5, 0.6) is 0 Å². The van der Waals surface area contributed by atoms with Gasteiger partial charge in [-0.2, -0.15) is 0 Å². The molecule has 136 valence electrons. The van der Waals surface area contributed by atoms with Gasteiger partial charge >= 0.3 is 0 Å². The number of hydrogen-bond donors (Lipinski definition) is 2. The highest BCUT2D eigenvalue weighted by Crippen LogP contribution is 2.33. The van der Waals surface area contributed by atoms with Crippen LogP contribution in [-0.4, -0.2) is 28.1 Å². The van der Waals surface area contributed by atoms with Crippen LogP contribution in [0.15, 0.2) is 41.0 Å². The summed E-state index contributed by atoms with van der Waals surface area (Å²) >= 11 is 0. The van der Waals surface area contributed by atoms with Crippen molar-refractivity contribution in [2.24, 2.45) is 0 Å². The lowest BCUT2D eigenvalue weighted by Gasteiger charge is -2.18. The summed E-state index contributed by atoms with van der Waals surface area (Å²) in [6.45, 7) is 3.49. The average molecular weight is 352 g/mol. The molecule has 0 aliphatic heterocycles. The molecule has 0 saturated carbocycles. The zero-order valence-corrected chi connectivity index (χ0v) is 15.0. The van der Waals surface area contributed by atoms with Crippen LogP contribution in [0.1, 0.15) is 40.2 Å². The first-order valence-electron chi connectivity index (χ1n) is 9.19. The van der Waals surface area contributed by atoms with Crippen LogP contribution in [0.2, 0.25) is 0 Å². The van der Waals surface area contributed by atoms with Crippen molar-refractivity contribution in [1.82, 2.24) is 9.88 Å². The van der Waals surface area contributed by atoms with Crippen LogP contribution in [0, 0.1) is 6.92 Å². The molecule has 2 heterocycles. The second-order valence-corrected chi connectivity index (χ2v) is 7.10. The third-order valence-corrected chi connectivity index (χ3v) is 5.07. The number of nitrogens with one attached hydrogen (secondary N) is 1. The Kier molecular flexibility index (Phi) is 4.66. The van der Waals surface area contributed by atoms with Gasteiger partial charge in [-0.25, -0.2) is 0 Å². The van der Waals surface area contributed by atoms with E-state index in [9.17, 15) is 9.90 Å². The van der Waals surface area contributed by atoms with Crippen LogP contribution in [-0.2, 0) is 19.5 Å². The fourth-order valence-electron chi connectivity index (χ4n) is 3.89. The fraction of sp³-hybridized carbons (Fsp3) is 0.381. The van der Waals surface area contributed by atoms with E-state index in [1.54, 1.807) is 6.26 Å². The van der Waals surface area contributed by atoms with Crippen LogP contribution < -0.4 is 5.32 Å². The first kappa shape index (κ1) is 17.1. The van der Waals surface area contributed by atoms with Gasteiger partial charge in [0.2, 0.25) is 0 Å². The summed E-state index contributed by atoms with van der Waals surface area (Å²) in [5, 5.41) is 14.9. The summed E-state index contributed by atoms with van der Waals surface area (Å²) < 4.78 is 7.30. The van der Waals surface area contributed by atoms with E-state index in [1.165, 1.54) is 5.56 Å². The summed E-state index contributed by atoms with van der Waals surface area (Å²) in [7, 11) is 0. The Hall–Kier alpha value is -2.37. The Morgan fingerprint density at radius 1 is 1.31 bits per heavy atom. The molecular weight excluding hydrogens is 328 g/mol. The van der Waals surface area contributed by atoms with E-state index in [0.29, 0.717) is 26.1 Å². The van der Waals surface area contributed by atoms with Crippen molar-refractivity contribution in [3.8, 4) is 0 Å². The van der Waals surface area contributed by atoms with Crippen molar-refractivity contribution in [2.45, 2.75) is 45.4 Å². The molecule has 1 atom stereocenters. The highest BCUT2D eigenvalue weighted by molar-refractivity contribution is 6.04. The zero-order valence-electron chi connectivity index (χ0n) is 15.0. The minimum absolute atomic E-state index is 0.191. The zero-order chi connectivity index (χ0) is 18.1. The standard InChI is InChI=1S/C21H24N2O3/c1-14-7-8-19-18(10-14)17-5-2-6-20(25)21(17)23(19)13-15(24)11-22-12-16-4-3-9-26-16/h3-4,7-10,15,22,24H,2,5-6,11-13H2,1H3/t15-/m1/s1. The van der Waals surface area contributed by atoms with E-state index in [-0.39, 0.29) is 5.78 Å². The van der Waals surface area contributed by atoms with Gasteiger partial charge in [0.15, 0.2) is 5.78 Å². The summed E-state index contributed by atoms with van der Waals surface area (Å²) in [5.74, 6) is 1.03. The number of ketones is 1. The number of Topliss-reactive ketones (excluding diaryl/α,β-unsaturated/α-hetero) is 1. The van der Waals surface area contributed by atoms with Crippen LogP contribution in [0.4, 0.5) is 0 Å². The number of carbonyl (C=O) groups is 1. The van der Waals surface area contributed by atoms with Crippen LogP contribution >= 0.6 is 0 Å². The van der Waals surface area contributed by atoms with Crippen LogP contribution in [0.25, 0.3) is 10.9 Å². The molecule has 0 spiro atoms. The molecule has 0 amide bonds. The smallest absolute Gasteiger partial charge is 0.179 e. The Balaban J connectivity index is 1.57. The molecule has 0 saturated heterocycles. The summed E-state index contributed by atoms with van der Waals surface area (Å²) in [4.78, 5) is 12.6. The van der Waals surface area contributed by atoms with E-state index < -0.39 is 6.10 Å². The van der Waals surface area contributed by atoms with Gasteiger partial charge in [0.25, 0.3) is 0 Å². The van der Waals surface area contributed by atoms with Crippen molar-refractivity contribution in [3.05, 3.63) is 59.2 Å². The molecule has 3 aromatic rings. The maximum absolute atomic E-state index is 12.6. The van der Waals surface area contributed by atoms with Gasteiger partial charge < -0.3 is 19.4 Å². The van der Waals surface area contributed by atoms with Gasteiger partial charge in [-0.3, -0.25) is 4.79 Å². The number of aryl methyl sites for hydroxylation is 2. The molecule has 1 aliphatic rings. The van der Waals surface area contributed by atoms with Crippen LogP contribution in [0.3, 0.4) is 0 Å². The SMILES string of the molecule is Cc1ccc2c(c1)c1c(n2C[C@H](O)CNCc2ccco2)C(=O)CCC1. The number of hydrogen-bond acceptors (Lipinski definition) is 4. The third-order valence-electron chi connectivity index (χ3n) is 5.07. The number of fused-ring (bicyclic) bond motifs is 3. The third kappa shape index (κ3) is 3.20. The van der Waals surface area contributed by atoms with E-state index >= 15 is 0 Å². The number of aliphatic hydroxyl groups excluding tert-OH is 1. The molecule has 4 rings (SSSR count). The van der Waals surface area contributed by atoms with Gasteiger partial charge in [-0.1, -0.05) is 11.6 Å². The summed E-state index contributed by atoms with van der Waals surface area (Å²) in [6.07, 6.45) is 3.49. The summed E-state index contributed by atoms with van der Waals surface area (Å²) in [6, 6.07) is 10.0. The van der Waals surface area contributed by atoms with Gasteiger partial charge in [-0.15, -0.1) is 0 Å². The highest BCUT2D eigenvalue weighted by Gasteiger charge is 2.26. The van der Waals surface area contributed by atoms with Gasteiger partial charge in [0.05, 0.1) is 31.2 Å². The largest absolute Gasteiger partial charge is 0.468 e. The van der Waals surface area contributed by atoms with Gasteiger partial charge in [0, 0.05) is 23.9 Å². The second kappa shape index (κ2) is 7.09. The van der Waals surface area contributed by atoms with Crippen molar-refractivity contribution in [2.75, 3.05) is 6.54 Å². The molecule has 5 nitrogen and oxygen atoms in total. The number of nitrogens with zero attached hydrogens (tertiary/aromatic N) is 1.